The van der Waals surface area contributed by atoms with Gasteiger partial charge in [-0.15, -0.1) is 0 Å². The average Bonchev–Trinajstić information content (AvgIpc) is 3.46. The molecule has 1 N–H and O–H groups in total. The normalized spacial score (nSPS) is 10.2. The molecule has 1 heterocycles. The summed E-state index contributed by atoms with van der Waals surface area (Å²) in [5.41, 5.74) is 1.61. The summed E-state index contributed by atoms with van der Waals surface area (Å²) in [4.78, 5) is 0. The second-order valence-electron chi connectivity index (χ2n) is 8.22. The molecule has 38 heavy (non-hydrogen) atoms. The fourth-order valence-corrected chi connectivity index (χ4v) is 12.9. The number of rotatable bonds is 5. The minimum atomic E-state index is -2.06. The molecule has 0 aliphatic rings. The van der Waals surface area contributed by atoms with Gasteiger partial charge in [0.15, 0.2) is 0 Å². The third-order valence-electron chi connectivity index (χ3n) is 5.72. The van der Waals surface area contributed by atoms with Crippen molar-refractivity contribution in [2.75, 3.05) is 0 Å². The Morgan fingerprint density at radius 2 is 1.11 bits per heavy atom. The summed E-state index contributed by atoms with van der Waals surface area (Å²) >= 11 is -2.06. The molecule has 0 unspecified atom stereocenters. The second-order valence-corrected chi connectivity index (χ2v) is 16.8. The minimum absolute atomic E-state index is 0. The van der Waals surface area contributed by atoms with E-state index in [0.29, 0.717) is 5.69 Å². The summed E-state index contributed by atoms with van der Waals surface area (Å²) in [6.45, 7) is 0. The number of phenolic OH excluding ortho intramolecular Hbond substituents is 1. The molecule has 0 amide bonds. The SMILES string of the molecule is Oc1ccccc1-[n+]1[c-]n(-c2[c-]cccc2)cc1.[Pt+2].c1cc[c]([Bi]([c]2ccccc2)[c]2ccccc2)cc1. The number of hydrogen-bond acceptors (Lipinski definition) is 1. The van der Waals surface area contributed by atoms with Gasteiger partial charge in [-0.2, -0.15) is 30.3 Å². The van der Waals surface area contributed by atoms with Crippen molar-refractivity contribution in [1.82, 2.24) is 4.57 Å². The van der Waals surface area contributed by atoms with Crippen LogP contribution >= 0.6 is 0 Å². The Morgan fingerprint density at radius 3 is 1.61 bits per heavy atom. The zero-order valence-electron chi connectivity index (χ0n) is 20.5. The van der Waals surface area contributed by atoms with E-state index in [4.69, 9.17) is 0 Å². The molecule has 0 radical (unpaired) electrons. The number of aromatic hydroxyl groups is 1. The molecule has 0 bridgehead atoms. The van der Waals surface area contributed by atoms with Gasteiger partial charge in [-0.1, -0.05) is 12.1 Å². The molecule has 3 nitrogen and oxygen atoms in total. The first-order valence-electron chi connectivity index (χ1n) is 12.0. The molecule has 5 aromatic carbocycles. The summed E-state index contributed by atoms with van der Waals surface area (Å²) in [5, 5.41) is 9.79. The van der Waals surface area contributed by atoms with Gasteiger partial charge in [-0.05, 0) is 17.8 Å². The van der Waals surface area contributed by atoms with Gasteiger partial charge in [-0.3, -0.25) is 4.57 Å². The Morgan fingerprint density at radius 1 is 0.605 bits per heavy atom. The van der Waals surface area contributed by atoms with Crippen LogP contribution in [0.15, 0.2) is 152 Å². The topological polar surface area (TPSA) is 29.0 Å². The van der Waals surface area contributed by atoms with Crippen LogP contribution in [0.25, 0.3) is 11.4 Å². The van der Waals surface area contributed by atoms with Crippen LogP contribution in [0.3, 0.4) is 0 Å². The van der Waals surface area contributed by atoms with Gasteiger partial charge < -0.3 is 9.67 Å². The van der Waals surface area contributed by atoms with Crippen molar-refractivity contribution < 1.29 is 30.7 Å². The molecular weight excluding hydrogens is 844 g/mol. The number of para-hydroxylation sites is 3. The van der Waals surface area contributed by atoms with Gasteiger partial charge >= 0.3 is 144 Å². The van der Waals surface area contributed by atoms with Crippen molar-refractivity contribution in [2.24, 2.45) is 0 Å². The van der Waals surface area contributed by atoms with E-state index in [1.165, 1.54) is 9.81 Å². The van der Waals surface area contributed by atoms with Gasteiger partial charge in [0.25, 0.3) is 6.33 Å². The van der Waals surface area contributed by atoms with Gasteiger partial charge in [0, 0.05) is 12.4 Å². The molecule has 6 rings (SSSR count). The van der Waals surface area contributed by atoms with E-state index in [1.807, 2.05) is 53.4 Å². The van der Waals surface area contributed by atoms with Crippen LogP contribution in [0.5, 0.6) is 5.75 Å². The van der Waals surface area contributed by atoms with E-state index < -0.39 is 21.8 Å². The Kier molecular flexibility index (Phi) is 10.2. The second kappa shape index (κ2) is 14.0. The van der Waals surface area contributed by atoms with Crippen molar-refractivity contribution in [1.29, 1.82) is 0 Å². The number of benzene rings is 5. The Hall–Kier alpha value is -3.32. The van der Waals surface area contributed by atoms with E-state index in [-0.39, 0.29) is 26.8 Å². The van der Waals surface area contributed by atoms with E-state index >= 15 is 0 Å². The van der Waals surface area contributed by atoms with Gasteiger partial charge in [0.05, 0.1) is 0 Å². The first-order valence-corrected chi connectivity index (χ1v) is 17.2. The van der Waals surface area contributed by atoms with E-state index in [2.05, 4.69) is 103 Å². The van der Waals surface area contributed by atoms with Gasteiger partial charge in [0.1, 0.15) is 11.4 Å². The van der Waals surface area contributed by atoms with Crippen molar-refractivity contribution in [3.8, 4) is 17.1 Å². The monoisotopic (exact) mass is 870 g/mol. The van der Waals surface area contributed by atoms with E-state index in [0.717, 1.165) is 5.69 Å². The average molecular weight is 871 g/mol. The fourth-order valence-electron chi connectivity index (χ4n) is 3.96. The first-order chi connectivity index (χ1) is 18.3. The number of hydrogen-bond donors (Lipinski definition) is 1. The third kappa shape index (κ3) is 6.95. The Bertz CT molecular complexity index is 1430. The number of phenols is 1. The molecular formula is C33H26BiN2OPt+. The van der Waals surface area contributed by atoms with E-state index in [1.54, 1.807) is 16.7 Å². The molecule has 1 aromatic heterocycles. The number of nitrogens with zero attached hydrogens (tertiary/aromatic N) is 2. The molecule has 0 saturated carbocycles. The van der Waals surface area contributed by atoms with Gasteiger partial charge in [0.2, 0.25) is 0 Å². The molecule has 5 heteroatoms. The molecule has 0 aliphatic carbocycles. The zero-order valence-corrected chi connectivity index (χ0v) is 26.3. The summed E-state index contributed by atoms with van der Waals surface area (Å²) in [5.74, 6) is 0.230. The van der Waals surface area contributed by atoms with Crippen LogP contribution in [0.1, 0.15) is 0 Å². The number of imidazole rings is 1. The van der Waals surface area contributed by atoms with Crippen molar-refractivity contribution in [3.05, 3.63) is 164 Å². The van der Waals surface area contributed by atoms with Crippen LogP contribution in [-0.2, 0) is 21.1 Å². The quantitative estimate of drug-likeness (QED) is 0.157. The molecule has 0 fully saturated rings. The van der Waals surface area contributed by atoms with Crippen LogP contribution < -0.4 is 14.4 Å². The van der Waals surface area contributed by atoms with Crippen molar-refractivity contribution >= 4 is 31.6 Å². The van der Waals surface area contributed by atoms with E-state index in [9.17, 15) is 5.11 Å². The Balaban J connectivity index is 0.000000173. The predicted octanol–water partition coefficient (Wildman–Crippen LogP) is 4.26. The van der Waals surface area contributed by atoms with Crippen molar-refractivity contribution in [2.45, 2.75) is 0 Å². The summed E-state index contributed by atoms with van der Waals surface area (Å²) in [7, 11) is 0. The Labute approximate surface area is 246 Å². The van der Waals surface area contributed by atoms with Crippen LogP contribution in [0.4, 0.5) is 0 Å². The van der Waals surface area contributed by atoms with Crippen LogP contribution in [0.2, 0.25) is 0 Å². The molecule has 0 saturated heterocycles. The molecule has 188 valence electrons. The summed E-state index contributed by atoms with van der Waals surface area (Å²) in [6.07, 6.45) is 6.85. The molecule has 0 spiro atoms. The first kappa shape index (κ1) is 27.7. The maximum atomic E-state index is 9.79. The molecule has 0 atom stereocenters. The molecule has 0 aliphatic heterocycles. The number of aromatic nitrogens is 2. The zero-order chi connectivity index (χ0) is 25.3. The molecule has 6 aromatic rings. The standard InChI is InChI=1S/C15H11N2O.3C6H5.Bi.Pt/c18-15-9-5-4-8-14(15)17-11-10-16(12-17)13-6-2-1-3-7-13;3*1-2-4-6-5-3-1;;/h1-6,8-11,18H;3*1-5H;;/q-1;;;;;+2. The van der Waals surface area contributed by atoms with Gasteiger partial charge in [-0.25, -0.2) is 0 Å². The predicted molar refractivity (Wildman–Crippen MR) is 151 cm³/mol. The maximum absolute atomic E-state index is 9.79. The van der Waals surface area contributed by atoms with Crippen molar-refractivity contribution in [3.63, 3.8) is 0 Å². The third-order valence-corrected chi connectivity index (χ3v) is 15.2. The van der Waals surface area contributed by atoms with Crippen LogP contribution in [-0.4, -0.2) is 31.4 Å². The van der Waals surface area contributed by atoms with Crippen LogP contribution in [0, 0.1) is 12.4 Å². The summed E-state index contributed by atoms with van der Waals surface area (Å²) < 4.78 is 8.18. The summed E-state index contributed by atoms with van der Waals surface area (Å²) in [6, 6.07) is 50.9. The fraction of sp³-hybridized carbons (Fsp3) is 0.